The standard InChI is InChI=1S/C23H21ClN6O2/c1-30-19-7-3-6-18(20(19)21(25)29-30)22(31)27-17-5-2-4-14(12-17)13-26-23(32)28-16-10-8-15(24)9-11-16/h2-12H,13H2,1H3,(H2,25,29)(H,27,31)(H2,26,28,32). The normalized spacial score (nSPS) is 10.7. The number of benzene rings is 3. The van der Waals surface area contributed by atoms with Crippen LogP contribution in [0.2, 0.25) is 5.02 Å². The molecule has 5 N–H and O–H groups in total. The average Bonchev–Trinajstić information content (AvgIpc) is 3.08. The van der Waals surface area contributed by atoms with Gasteiger partial charge in [-0.05, 0) is 54.1 Å². The van der Waals surface area contributed by atoms with Crippen LogP contribution in [0.3, 0.4) is 0 Å². The van der Waals surface area contributed by atoms with Crippen molar-refractivity contribution in [1.82, 2.24) is 15.1 Å². The molecule has 4 rings (SSSR count). The zero-order valence-electron chi connectivity index (χ0n) is 17.2. The number of nitrogens with one attached hydrogen (secondary N) is 3. The van der Waals surface area contributed by atoms with Gasteiger partial charge in [-0.15, -0.1) is 0 Å². The minimum absolute atomic E-state index is 0.286. The molecule has 0 bridgehead atoms. The minimum atomic E-state index is -0.347. The van der Waals surface area contributed by atoms with E-state index in [1.165, 1.54) is 0 Å². The summed E-state index contributed by atoms with van der Waals surface area (Å²) in [6.45, 7) is 0.286. The zero-order valence-corrected chi connectivity index (χ0v) is 18.0. The van der Waals surface area contributed by atoms with Crippen LogP contribution >= 0.6 is 11.6 Å². The Morgan fingerprint density at radius 2 is 1.75 bits per heavy atom. The van der Waals surface area contributed by atoms with Gasteiger partial charge in [0.25, 0.3) is 5.91 Å². The maximum absolute atomic E-state index is 12.9. The number of rotatable bonds is 5. The van der Waals surface area contributed by atoms with Crippen LogP contribution in [-0.2, 0) is 13.6 Å². The van der Waals surface area contributed by atoms with E-state index in [0.717, 1.165) is 11.1 Å². The van der Waals surface area contributed by atoms with Gasteiger partial charge in [0.05, 0.1) is 16.5 Å². The van der Waals surface area contributed by atoms with Gasteiger partial charge in [-0.1, -0.05) is 29.8 Å². The highest BCUT2D eigenvalue weighted by atomic mass is 35.5. The maximum atomic E-state index is 12.9. The highest BCUT2D eigenvalue weighted by Crippen LogP contribution is 2.25. The molecule has 0 fully saturated rings. The van der Waals surface area contributed by atoms with Crippen LogP contribution in [0, 0.1) is 0 Å². The van der Waals surface area contributed by atoms with Crippen LogP contribution in [0.5, 0.6) is 0 Å². The molecule has 9 heteroatoms. The lowest BCUT2D eigenvalue weighted by Gasteiger charge is -2.10. The molecule has 3 amide bonds. The van der Waals surface area contributed by atoms with Crippen molar-refractivity contribution in [2.45, 2.75) is 6.54 Å². The Morgan fingerprint density at radius 1 is 1.00 bits per heavy atom. The number of nitrogens with two attached hydrogens (primary N) is 1. The molecule has 0 saturated carbocycles. The number of urea groups is 1. The van der Waals surface area contributed by atoms with E-state index in [9.17, 15) is 9.59 Å². The molecule has 0 unspecified atom stereocenters. The number of fused-ring (bicyclic) bond motifs is 1. The molecule has 3 aromatic carbocycles. The highest BCUT2D eigenvalue weighted by molar-refractivity contribution is 6.30. The van der Waals surface area contributed by atoms with Crippen molar-refractivity contribution in [3.05, 3.63) is 82.9 Å². The van der Waals surface area contributed by atoms with Crippen molar-refractivity contribution in [1.29, 1.82) is 0 Å². The number of amides is 3. The van der Waals surface area contributed by atoms with E-state index >= 15 is 0 Å². The van der Waals surface area contributed by atoms with Crippen molar-refractivity contribution in [3.63, 3.8) is 0 Å². The molecule has 4 aromatic rings. The van der Waals surface area contributed by atoms with E-state index in [4.69, 9.17) is 17.3 Å². The van der Waals surface area contributed by atoms with Gasteiger partial charge < -0.3 is 21.7 Å². The number of aromatic nitrogens is 2. The molecule has 162 valence electrons. The first-order valence-electron chi connectivity index (χ1n) is 9.82. The van der Waals surface area contributed by atoms with Gasteiger partial charge in [0.2, 0.25) is 0 Å². The lowest BCUT2D eigenvalue weighted by atomic mass is 10.1. The van der Waals surface area contributed by atoms with Crippen LogP contribution in [-0.4, -0.2) is 21.7 Å². The van der Waals surface area contributed by atoms with E-state index in [0.29, 0.717) is 33.2 Å². The molecule has 1 heterocycles. The van der Waals surface area contributed by atoms with Crippen LogP contribution in [0.15, 0.2) is 66.7 Å². The Balaban J connectivity index is 1.41. The summed E-state index contributed by atoms with van der Waals surface area (Å²) in [4.78, 5) is 25.0. The summed E-state index contributed by atoms with van der Waals surface area (Å²) in [7, 11) is 1.78. The Labute approximate surface area is 189 Å². The lowest BCUT2D eigenvalue weighted by molar-refractivity contribution is 0.102. The molecular weight excluding hydrogens is 428 g/mol. The summed E-state index contributed by atoms with van der Waals surface area (Å²) in [5.74, 6) is 0.0128. The molecule has 0 aliphatic heterocycles. The van der Waals surface area contributed by atoms with Crippen molar-refractivity contribution < 1.29 is 9.59 Å². The second kappa shape index (κ2) is 8.99. The molecule has 1 aromatic heterocycles. The molecule has 0 spiro atoms. The topological polar surface area (TPSA) is 114 Å². The number of nitrogen functional groups attached to an aromatic ring is 1. The van der Waals surface area contributed by atoms with Gasteiger partial charge in [-0.3, -0.25) is 9.48 Å². The first-order valence-corrected chi connectivity index (χ1v) is 10.2. The number of nitrogens with zero attached hydrogens (tertiary/aromatic N) is 2. The van der Waals surface area contributed by atoms with Crippen LogP contribution in [0.25, 0.3) is 10.9 Å². The Hall–Kier alpha value is -4.04. The second-order valence-electron chi connectivity index (χ2n) is 7.18. The lowest BCUT2D eigenvalue weighted by Crippen LogP contribution is -2.28. The third-order valence-corrected chi connectivity index (χ3v) is 5.14. The Bertz CT molecular complexity index is 1300. The molecule has 0 saturated heterocycles. The highest BCUT2D eigenvalue weighted by Gasteiger charge is 2.16. The number of halogens is 1. The Kier molecular flexibility index (Phi) is 5.96. The fraction of sp³-hybridized carbons (Fsp3) is 0.0870. The molecule has 0 aliphatic carbocycles. The van der Waals surface area contributed by atoms with E-state index in [2.05, 4.69) is 21.0 Å². The van der Waals surface area contributed by atoms with Crippen LogP contribution in [0.1, 0.15) is 15.9 Å². The van der Waals surface area contributed by atoms with Gasteiger partial charge in [0.1, 0.15) is 0 Å². The molecule has 0 radical (unpaired) electrons. The molecular formula is C23H21ClN6O2. The van der Waals surface area contributed by atoms with Gasteiger partial charge in [-0.25, -0.2) is 4.79 Å². The number of hydrogen-bond donors (Lipinski definition) is 4. The summed E-state index contributed by atoms with van der Waals surface area (Å²) >= 11 is 5.85. The summed E-state index contributed by atoms with van der Waals surface area (Å²) in [6.07, 6.45) is 0. The van der Waals surface area contributed by atoms with Gasteiger partial charge in [0, 0.05) is 30.0 Å². The second-order valence-corrected chi connectivity index (χ2v) is 7.61. The summed E-state index contributed by atoms with van der Waals surface area (Å²) in [5, 5.41) is 13.8. The van der Waals surface area contributed by atoms with Crippen LogP contribution < -0.4 is 21.7 Å². The van der Waals surface area contributed by atoms with E-state index in [-0.39, 0.29) is 18.5 Å². The third kappa shape index (κ3) is 4.65. The van der Waals surface area contributed by atoms with Crippen molar-refractivity contribution in [3.8, 4) is 0 Å². The predicted molar refractivity (Wildman–Crippen MR) is 127 cm³/mol. The van der Waals surface area contributed by atoms with Gasteiger partial charge in [0.15, 0.2) is 5.82 Å². The number of anilines is 3. The quantitative estimate of drug-likeness (QED) is 0.362. The van der Waals surface area contributed by atoms with Crippen molar-refractivity contribution in [2.75, 3.05) is 16.4 Å². The van der Waals surface area contributed by atoms with Gasteiger partial charge in [-0.2, -0.15) is 5.10 Å². The van der Waals surface area contributed by atoms with Crippen molar-refractivity contribution >= 4 is 51.6 Å². The van der Waals surface area contributed by atoms with E-state index < -0.39 is 0 Å². The molecule has 32 heavy (non-hydrogen) atoms. The predicted octanol–water partition coefficient (Wildman–Crippen LogP) is 4.38. The number of carbonyl (C=O) groups is 2. The summed E-state index contributed by atoms with van der Waals surface area (Å²) < 4.78 is 1.64. The van der Waals surface area contributed by atoms with Gasteiger partial charge >= 0.3 is 6.03 Å². The maximum Gasteiger partial charge on any atom is 0.319 e. The minimum Gasteiger partial charge on any atom is -0.382 e. The first kappa shape index (κ1) is 21.2. The largest absolute Gasteiger partial charge is 0.382 e. The van der Waals surface area contributed by atoms with E-state index in [1.807, 2.05) is 18.2 Å². The SMILES string of the molecule is Cn1nc(N)c2c(C(=O)Nc3cccc(CNC(=O)Nc4ccc(Cl)cc4)c3)cccc21. The Morgan fingerprint density at radius 3 is 2.53 bits per heavy atom. The molecule has 0 atom stereocenters. The summed E-state index contributed by atoms with van der Waals surface area (Å²) in [5.41, 5.74) is 9.29. The molecule has 8 nitrogen and oxygen atoms in total. The van der Waals surface area contributed by atoms with E-state index in [1.54, 1.807) is 60.3 Å². The smallest absolute Gasteiger partial charge is 0.319 e. The average molecular weight is 449 g/mol. The fourth-order valence-electron chi connectivity index (χ4n) is 3.38. The number of aryl methyl sites for hydroxylation is 1. The fourth-order valence-corrected chi connectivity index (χ4v) is 3.51. The molecule has 0 aliphatic rings. The first-order chi connectivity index (χ1) is 15.4. The monoisotopic (exact) mass is 448 g/mol. The van der Waals surface area contributed by atoms with Crippen molar-refractivity contribution in [2.24, 2.45) is 7.05 Å². The zero-order chi connectivity index (χ0) is 22.7. The number of hydrogen-bond acceptors (Lipinski definition) is 4. The third-order valence-electron chi connectivity index (χ3n) is 4.89. The number of carbonyl (C=O) groups excluding carboxylic acids is 2. The van der Waals surface area contributed by atoms with Crippen LogP contribution in [0.4, 0.5) is 22.0 Å². The summed E-state index contributed by atoms with van der Waals surface area (Å²) in [6, 6.07) is 19.1.